The van der Waals surface area contributed by atoms with Crippen molar-refractivity contribution in [3.63, 3.8) is 0 Å². The second-order valence-corrected chi connectivity index (χ2v) is 6.77. The molecule has 0 bridgehead atoms. The molecule has 1 fully saturated rings. The maximum atomic E-state index is 12.2. The molecule has 21 heavy (non-hydrogen) atoms. The van der Waals surface area contributed by atoms with Gasteiger partial charge in [0.1, 0.15) is 0 Å². The molecule has 1 N–H and O–H groups in total. The third-order valence-electron chi connectivity index (χ3n) is 3.23. The first-order valence-corrected chi connectivity index (χ1v) is 8.11. The molecular formula is C13H10BrN5OS. The van der Waals surface area contributed by atoms with Crippen LogP contribution in [-0.2, 0) is 0 Å². The molecular weight excluding hydrogens is 354 g/mol. The van der Waals surface area contributed by atoms with Gasteiger partial charge < -0.3 is 5.32 Å². The van der Waals surface area contributed by atoms with Crippen LogP contribution in [0.1, 0.15) is 34.4 Å². The summed E-state index contributed by atoms with van der Waals surface area (Å²) in [6.07, 6.45) is 2.25. The van der Waals surface area contributed by atoms with Gasteiger partial charge in [0, 0.05) is 16.1 Å². The normalized spacial score (nSPS) is 14.5. The lowest BCUT2D eigenvalue weighted by Gasteiger charge is -2.02. The lowest BCUT2D eigenvalue weighted by Crippen LogP contribution is -2.12. The fourth-order valence-electron chi connectivity index (χ4n) is 2.07. The maximum absolute atomic E-state index is 12.2. The number of hydrogen-bond acceptors (Lipinski definition) is 5. The second-order valence-electron chi connectivity index (χ2n) is 4.90. The molecule has 2 aromatic heterocycles. The number of fused-ring (bicyclic) bond motifs is 1. The van der Waals surface area contributed by atoms with E-state index in [4.69, 9.17) is 0 Å². The van der Waals surface area contributed by atoms with Gasteiger partial charge in [-0.15, -0.1) is 15.3 Å². The van der Waals surface area contributed by atoms with Crippen LogP contribution in [0.2, 0.25) is 0 Å². The number of hydrogen-bond donors (Lipinski definition) is 1. The van der Waals surface area contributed by atoms with Crippen LogP contribution >= 0.6 is 27.3 Å². The van der Waals surface area contributed by atoms with E-state index in [1.54, 1.807) is 4.52 Å². The van der Waals surface area contributed by atoms with Crippen LogP contribution in [0.3, 0.4) is 0 Å². The van der Waals surface area contributed by atoms with E-state index in [1.165, 1.54) is 11.3 Å². The Hall–Kier alpha value is -1.80. The Balaban J connectivity index is 1.62. The van der Waals surface area contributed by atoms with Crippen LogP contribution < -0.4 is 5.32 Å². The summed E-state index contributed by atoms with van der Waals surface area (Å²) in [7, 11) is 0. The van der Waals surface area contributed by atoms with E-state index in [-0.39, 0.29) is 5.91 Å². The van der Waals surface area contributed by atoms with Crippen molar-refractivity contribution < 1.29 is 4.79 Å². The van der Waals surface area contributed by atoms with Crippen molar-refractivity contribution >= 4 is 43.8 Å². The summed E-state index contributed by atoms with van der Waals surface area (Å²) >= 11 is 4.63. The Morgan fingerprint density at radius 3 is 3.00 bits per heavy atom. The van der Waals surface area contributed by atoms with E-state index in [9.17, 15) is 4.79 Å². The minimum absolute atomic E-state index is 0.231. The van der Waals surface area contributed by atoms with Gasteiger partial charge in [0.25, 0.3) is 5.91 Å². The van der Waals surface area contributed by atoms with Gasteiger partial charge in [0.2, 0.25) is 9.97 Å². The molecule has 8 heteroatoms. The zero-order chi connectivity index (χ0) is 14.4. The van der Waals surface area contributed by atoms with E-state index in [0.717, 1.165) is 28.8 Å². The van der Waals surface area contributed by atoms with E-state index in [1.807, 2.05) is 24.3 Å². The highest BCUT2D eigenvalue weighted by molar-refractivity contribution is 9.10. The van der Waals surface area contributed by atoms with E-state index in [0.29, 0.717) is 15.9 Å². The highest BCUT2D eigenvalue weighted by atomic mass is 79.9. The molecule has 1 aliphatic rings. The zero-order valence-electron chi connectivity index (χ0n) is 10.8. The summed E-state index contributed by atoms with van der Waals surface area (Å²) in [6, 6.07) is 7.44. The van der Waals surface area contributed by atoms with Crippen molar-refractivity contribution in [1.82, 2.24) is 19.8 Å². The monoisotopic (exact) mass is 363 g/mol. The number of rotatable bonds is 3. The number of carbonyl (C=O) groups excluding carboxylic acids is 1. The molecule has 106 valence electrons. The molecule has 3 aromatic rings. The first-order valence-electron chi connectivity index (χ1n) is 6.50. The number of amides is 1. The summed E-state index contributed by atoms with van der Waals surface area (Å²) in [5.41, 5.74) is 0.725. The van der Waals surface area contributed by atoms with Gasteiger partial charge >= 0.3 is 0 Å². The van der Waals surface area contributed by atoms with E-state index in [2.05, 4.69) is 36.5 Å². The molecule has 0 aliphatic heterocycles. The number of halogens is 1. The van der Waals surface area contributed by atoms with Crippen molar-refractivity contribution in [2.75, 3.05) is 5.32 Å². The highest BCUT2D eigenvalue weighted by Gasteiger charge is 2.30. The minimum atomic E-state index is -0.231. The third kappa shape index (κ3) is 2.44. The molecule has 1 aliphatic carbocycles. The number of aromatic nitrogens is 4. The van der Waals surface area contributed by atoms with Crippen molar-refractivity contribution in [2.45, 2.75) is 18.8 Å². The smallest absolute Gasteiger partial charge is 0.286 e. The average Bonchev–Trinajstić information content (AvgIpc) is 3.07. The molecule has 6 nitrogen and oxygen atoms in total. The van der Waals surface area contributed by atoms with Gasteiger partial charge in [-0.1, -0.05) is 33.3 Å². The Kier molecular flexibility index (Phi) is 3.00. The number of nitrogens with one attached hydrogen (secondary N) is 1. The van der Waals surface area contributed by atoms with Crippen LogP contribution in [0.5, 0.6) is 0 Å². The van der Waals surface area contributed by atoms with Gasteiger partial charge in [-0.3, -0.25) is 4.79 Å². The summed E-state index contributed by atoms with van der Waals surface area (Å²) in [5.74, 6) is 1.08. The molecule has 0 radical (unpaired) electrons. The largest absolute Gasteiger partial charge is 0.320 e. The summed E-state index contributed by atoms with van der Waals surface area (Å²) < 4.78 is 2.60. The van der Waals surface area contributed by atoms with Crippen LogP contribution in [0.25, 0.3) is 4.96 Å². The Labute approximate surface area is 132 Å². The number of carbonyl (C=O) groups is 1. The minimum Gasteiger partial charge on any atom is -0.320 e. The summed E-state index contributed by atoms with van der Waals surface area (Å²) in [4.78, 5) is 12.9. The third-order valence-corrected chi connectivity index (χ3v) is 4.63. The Bertz CT molecular complexity index is 838. The number of nitrogens with zero attached hydrogens (tertiary/aromatic N) is 4. The maximum Gasteiger partial charge on any atom is 0.286 e. The van der Waals surface area contributed by atoms with Crippen LogP contribution in [0, 0.1) is 0 Å². The molecule has 2 heterocycles. The predicted octanol–water partition coefficient (Wildman–Crippen LogP) is 3.08. The summed E-state index contributed by atoms with van der Waals surface area (Å²) in [6.45, 7) is 0. The lowest BCUT2D eigenvalue weighted by molar-refractivity contribution is 0.102. The average molecular weight is 364 g/mol. The van der Waals surface area contributed by atoms with Gasteiger partial charge in [-0.05, 0) is 31.0 Å². The first kappa shape index (κ1) is 12.9. The van der Waals surface area contributed by atoms with Gasteiger partial charge in [0.05, 0.1) is 0 Å². The molecule has 0 atom stereocenters. The lowest BCUT2D eigenvalue weighted by atomic mass is 10.3. The van der Waals surface area contributed by atoms with Gasteiger partial charge in [-0.25, -0.2) is 0 Å². The Morgan fingerprint density at radius 1 is 1.38 bits per heavy atom. The zero-order valence-corrected chi connectivity index (χ0v) is 13.2. The number of anilines is 1. The van der Waals surface area contributed by atoms with Crippen molar-refractivity contribution in [3.8, 4) is 0 Å². The summed E-state index contributed by atoms with van der Waals surface area (Å²) in [5, 5.41) is 15.8. The molecule has 0 spiro atoms. The van der Waals surface area contributed by atoms with Gasteiger partial charge in [0.15, 0.2) is 5.82 Å². The molecule has 1 amide bonds. The molecule has 4 rings (SSSR count). The standard InChI is InChI=1S/C13H10BrN5OS/c14-8-2-1-3-9(6-8)15-11(20)12-18-19-10(7-4-5-7)16-17-13(19)21-12/h1-3,6-7H,4-5H2,(H,15,20). The van der Waals surface area contributed by atoms with Crippen molar-refractivity contribution in [1.29, 1.82) is 0 Å². The molecule has 1 aromatic carbocycles. The topological polar surface area (TPSA) is 72.2 Å². The van der Waals surface area contributed by atoms with Crippen LogP contribution in [0.15, 0.2) is 28.7 Å². The van der Waals surface area contributed by atoms with Crippen LogP contribution in [-0.4, -0.2) is 25.7 Å². The highest BCUT2D eigenvalue weighted by Crippen LogP contribution is 2.39. The Morgan fingerprint density at radius 2 is 2.24 bits per heavy atom. The predicted molar refractivity (Wildman–Crippen MR) is 82.7 cm³/mol. The van der Waals surface area contributed by atoms with Crippen molar-refractivity contribution in [3.05, 3.63) is 39.6 Å². The van der Waals surface area contributed by atoms with E-state index >= 15 is 0 Å². The van der Waals surface area contributed by atoms with Crippen molar-refractivity contribution in [2.24, 2.45) is 0 Å². The fourth-order valence-corrected chi connectivity index (χ4v) is 3.21. The van der Waals surface area contributed by atoms with Crippen LogP contribution in [0.4, 0.5) is 5.69 Å². The first-order chi connectivity index (χ1) is 10.2. The van der Waals surface area contributed by atoms with Gasteiger partial charge in [-0.2, -0.15) is 4.52 Å². The molecule has 0 unspecified atom stereocenters. The fraction of sp³-hybridized carbons (Fsp3) is 0.231. The molecule has 1 saturated carbocycles. The quantitative estimate of drug-likeness (QED) is 0.775. The van der Waals surface area contributed by atoms with E-state index < -0.39 is 0 Å². The second kappa shape index (κ2) is 4.88. The SMILES string of the molecule is O=C(Nc1cccc(Br)c1)c1nn2c(C3CC3)nnc2s1. The molecule has 0 saturated heterocycles. The number of benzene rings is 1.